The van der Waals surface area contributed by atoms with Crippen molar-refractivity contribution in [3.8, 4) is 0 Å². The first-order valence-corrected chi connectivity index (χ1v) is 6.53. The lowest BCUT2D eigenvalue weighted by molar-refractivity contribution is 0.129. The molecular weight excluding hydrogens is 226 g/mol. The van der Waals surface area contributed by atoms with Gasteiger partial charge in [-0.25, -0.2) is 0 Å². The molecule has 0 aromatic carbocycles. The molecule has 0 aliphatic carbocycles. The fraction of sp³-hybridized carbons (Fsp3) is 0.643. The molecule has 0 radical (unpaired) electrons. The molecule has 0 spiro atoms. The standard InChI is InChI=1S/C14H25N3O/c1-11(2)7-16-9-13-5-6-15-10-14(13)17-8-12(3)18-4/h5-6,10-12,16-17H,7-9H2,1-4H3. The second kappa shape index (κ2) is 8.06. The van der Waals surface area contributed by atoms with Gasteiger partial charge in [0, 0.05) is 26.4 Å². The summed E-state index contributed by atoms with van der Waals surface area (Å²) in [5.41, 5.74) is 2.33. The monoisotopic (exact) mass is 251 g/mol. The number of rotatable bonds is 8. The minimum absolute atomic E-state index is 0.196. The van der Waals surface area contributed by atoms with Gasteiger partial charge in [0.2, 0.25) is 0 Å². The Kier molecular flexibility index (Phi) is 6.68. The zero-order chi connectivity index (χ0) is 13.4. The van der Waals surface area contributed by atoms with Crippen LogP contribution in [-0.2, 0) is 11.3 Å². The average molecular weight is 251 g/mol. The third-order valence-corrected chi connectivity index (χ3v) is 2.76. The lowest BCUT2D eigenvalue weighted by Crippen LogP contribution is -2.22. The highest BCUT2D eigenvalue weighted by Crippen LogP contribution is 2.13. The Balaban J connectivity index is 2.50. The van der Waals surface area contributed by atoms with Gasteiger partial charge >= 0.3 is 0 Å². The van der Waals surface area contributed by atoms with Crippen molar-refractivity contribution in [3.05, 3.63) is 24.0 Å². The van der Waals surface area contributed by atoms with Crippen LogP contribution < -0.4 is 10.6 Å². The third-order valence-electron chi connectivity index (χ3n) is 2.76. The number of aromatic nitrogens is 1. The lowest BCUT2D eigenvalue weighted by Gasteiger charge is -2.15. The molecule has 0 saturated carbocycles. The molecule has 1 atom stereocenters. The maximum Gasteiger partial charge on any atom is 0.0715 e. The Hall–Kier alpha value is -1.13. The molecule has 1 unspecified atom stereocenters. The van der Waals surface area contributed by atoms with E-state index >= 15 is 0 Å². The van der Waals surface area contributed by atoms with E-state index in [2.05, 4.69) is 29.5 Å². The number of hydrogen-bond donors (Lipinski definition) is 2. The molecule has 18 heavy (non-hydrogen) atoms. The van der Waals surface area contributed by atoms with E-state index in [0.717, 1.165) is 25.3 Å². The molecule has 0 fully saturated rings. The van der Waals surface area contributed by atoms with Crippen molar-refractivity contribution in [2.45, 2.75) is 33.4 Å². The van der Waals surface area contributed by atoms with Crippen molar-refractivity contribution in [3.63, 3.8) is 0 Å². The van der Waals surface area contributed by atoms with Crippen LogP contribution in [0, 0.1) is 5.92 Å². The smallest absolute Gasteiger partial charge is 0.0715 e. The van der Waals surface area contributed by atoms with E-state index in [9.17, 15) is 0 Å². The van der Waals surface area contributed by atoms with Crippen LogP contribution in [0.2, 0.25) is 0 Å². The van der Waals surface area contributed by atoms with Crippen LogP contribution in [0.4, 0.5) is 5.69 Å². The topological polar surface area (TPSA) is 46.2 Å². The van der Waals surface area contributed by atoms with Gasteiger partial charge in [-0.2, -0.15) is 0 Å². The summed E-state index contributed by atoms with van der Waals surface area (Å²) in [5, 5.41) is 6.82. The summed E-state index contributed by atoms with van der Waals surface area (Å²) in [4.78, 5) is 4.16. The average Bonchev–Trinajstić information content (AvgIpc) is 2.36. The molecule has 2 N–H and O–H groups in total. The van der Waals surface area contributed by atoms with Gasteiger partial charge in [0.25, 0.3) is 0 Å². The van der Waals surface area contributed by atoms with Crippen LogP contribution in [-0.4, -0.2) is 31.3 Å². The van der Waals surface area contributed by atoms with E-state index in [-0.39, 0.29) is 6.10 Å². The van der Waals surface area contributed by atoms with Crippen LogP contribution in [0.3, 0.4) is 0 Å². The van der Waals surface area contributed by atoms with E-state index in [1.807, 2.05) is 25.4 Å². The van der Waals surface area contributed by atoms with Crippen molar-refractivity contribution in [1.29, 1.82) is 0 Å². The number of ether oxygens (including phenoxy) is 1. The van der Waals surface area contributed by atoms with Crippen LogP contribution in [0.5, 0.6) is 0 Å². The molecule has 1 aromatic rings. The number of anilines is 1. The van der Waals surface area contributed by atoms with E-state index in [0.29, 0.717) is 5.92 Å². The lowest BCUT2D eigenvalue weighted by atomic mass is 10.2. The number of nitrogens with zero attached hydrogens (tertiary/aromatic N) is 1. The van der Waals surface area contributed by atoms with Crippen molar-refractivity contribution in [1.82, 2.24) is 10.3 Å². The molecule has 0 bridgehead atoms. The van der Waals surface area contributed by atoms with E-state index < -0.39 is 0 Å². The zero-order valence-corrected chi connectivity index (χ0v) is 11.9. The molecule has 0 amide bonds. The first-order valence-electron chi connectivity index (χ1n) is 6.53. The molecular formula is C14H25N3O. The second-order valence-corrected chi connectivity index (χ2v) is 4.98. The van der Waals surface area contributed by atoms with Crippen molar-refractivity contribution < 1.29 is 4.74 Å². The minimum Gasteiger partial charge on any atom is -0.381 e. The van der Waals surface area contributed by atoms with Crippen molar-refractivity contribution >= 4 is 5.69 Å². The van der Waals surface area contributed by atoms with Gasteiger partial charge in [0.1, 0.15) is 0 Å². The van der Waals surface area contributed by atoms with Crippen molar-refractivity contribution in [2.24, 2.45) is 5.92 Å². The summed E-state index contributed by atoms with van der Waals surface area (Å²) in [6.07, 6.45) is 3.90. The quantitative estimate of drug-likeness (QED) is 0.744. The Bertz CT molecular complexity index is 342. The van der Waals surface area contributed by atoms with E-state index in [4.69, 9.17) is 4.74 Å². The van der Waals surface area contributed by atoms with Crippen molar-refractivity contribution in [2.75, 3.05) is 25.5 Å². The van der Waals surface area contributed by atoms with E-state index in [1.165, 1.54) is 5.56 Å². The number of pyridine rings is 1. The normalized spacial score (nSPS) is 12.7. The summed E-state index contributed by atoms with van der Waals surface area (Å²) in [7, 11) is 1.72. The first kappa shape index (κ1) is 14.9. The van der Waals surface area contributed by atoms with Crippen LogP contribution in [0.25, 0.3) is 0 Å². The van der Waals surface area contributed by atoms with Gasteiger partial charge in [-0.1, -0.05) is 13.8 Å². The predicted octanol–water partition coefficient (Wildman–Crippen LogP) is 2.27. The minimum atomic E-state index is 0.196. The summed E-state index contributed by atoms with van der Waals surface area (Å²) in [6.45, 7) is 9.14. The molecule has 4 nitrogen and oxygen atoms in total. The van der Waals surface area contributed by atoms with E-state index in [1.54, 1.807) is 7.11 Å². The Labute approximate surface area is 110 Å². The SMILES string of the molecule is COC(C)CNc1cnccc1CNCC(C)C. The molecule has 1 rings (SSSR count). The second-order valence-electron chi connectivity index (χ2n) is 4.98. The van der Waals surface area contributed by atoms with Gasteiger partial charge in [-0.05, 0) is 31.0 Å². The molecule has 0 saturated heterocycles. The Morgan fingerprint density at radius 2 is 2.06 bits per heavy atom. The fourth-order valence-electron chi connectivity index (χ4n) is 1.57. The number of methoxy groups -OCH3 is 1. The van der Waals surface area contributed by atoms with Gasteiger partial charge in [0.05, 0.1) is 18.0 Å². The summed E-state index contributed by atoms with van der Waals surface area (Å²) in [5.74, 6) is 0.664. The molecule has 1 heterocycles. The third kappa shape index (κ3) is 5.47. The van der Waals surface area contributed by atoms with Crippen LogP contribution in [0.15, 0.2) is 18.5 Å². The summed E-state index contributed by atoms with van der Waals surface area (Å²) in [6, 6.07) is 2.05. The van der Waals surface area contributed by atoms with Gasteiger partial charge < -0.3 is 15.4 Å². The van der Waals surface area contributed by atoms with Crippen LogP contribution >= 0.6 is 0 Å². The first-order chi connectivity index (χ1) is 8.63. The largest absolute Gasteiger partial charge is 0.381 e. The zero-order valence-electron chi connectivity index (χ0n) is 11.9. The van der Waals surface area contributed by atoms with Gasteiger partial charge in [-0.3, -0.25) is 4.98 Å². The number of hydrogen-bond acceptors (Lipinski definition) is 4. The molecule has 0 aliphatic rings. The number of nitrogens with one attached hydrogen (secondary N) is 2. The van der Waals surface area contributed by atoms with Gasteiger partial charge in [0.15, 0.2) is 0 Å². The van der Waals surface area contributed by atoms with Crippen LogP contribution in [0.1, 0.15) is 26.3 Å². The maximum atomic E-state index is 5.23. The summed E-state index contributed by atoms with van der Waals surface area (Å²) < 4.78 is 5.23. The highest BCUT2D eigenvalue weighted by atomic mass is 16.5. The highest BCUT2D eigenvalue weighted by molar-refractivity contribution is 5.48. The fourth-order valence-corrected chi connectivity index (χ4v) is 1.57. The predicted molar refractivity (Wildman–Crippen MR) is 75.7 cm³/mol. The summed E-state index contributed by atoms with van der Waals surface area (Å²) >= 11 is 0. The maximum absolute atomic E-state index is 5.23. The molecule has 1 aromatic heterocycles. The molecule has 0 aliphatic heterocycles. The highest BCUT2D eigenvalue weighted by Gasteiger charge is 2.04. The van der Waals surface area contributed by atoms with Gasteiger partial charge in [-0.15, -0.1) is 0 Å². The Morgan fingerprint density at radius 3 is 2.72 bits per heavy atom. The molecule has 102 valence electrons. The Morgan fingerprint density at radius 1 is 1.28 bits per heavy atom. The molecule has 4 heteroatoms.